The lowest BCUT2D eigenvalue weighted by Gasteiger charge is -2.20. The van der Waals surface area contributed by atoms with Crippen LogP contribution in [0.25, 0.3) is 0 Å². The van der Waals surface area contributed by atoms with E-state index < -0.39 is 9.84 Å². The Bertz CT molecular complexity index is 472. The molecule has 0 radical (unpaired) electrons. The fourth-order valence-electron chi connectivity index (χ4n) is 1.55. The van der Waals surface area contributed by atoms with Gasteiger partial charge in [-0.15, -0.1) is 0 Å². The number of hydrogen-bond acceptors (Lipinski definition) is 4. The van der Waals surface area contributed by atoms with E-state index in [4.69, 9.17) is 0 Å². The third-order valence-electron chi connectivity index (χ3n) is 2.49. The topological polar surface area (TPSA) is 64.0 Å². The van der Waals surface area contributed by atoms with Crippen molar-refractivity contribution in [2.75, 3.05) is 12.0 Å². The first-order chi connectivity index (χ1) is 8.17. The van der Waals surface area contributed by atoms with E-state index >= 15 is 0 Å². The minimum absolute atomic E-state index is 0.0452. The Labute approximate surface area is 110 Å². The minimum Gasteiger partial charge on any atom is -0.334 e. The maximum absolute atomic E-state index is 11.1. The molecule has 0 unspecified atom stereocenters. The van der Waals surface area contributed by atoms with Crippen LogP contribution in [0.1, 0.15) is 33.0 Å². The van der Waals surface area contributed by atoms with Crippen molar-refractivity contribution in [3.05, 3.63) is 18.2 Å². The molecule has 0 saturated carbocycles. The Morgan fingerprint density at radius 1 is 1.39 bits per heavy atom. The average molecular weight is 273 g/mol. The number of hydrogen-bond donors (Lipinski definition) is 1. The molecule has 6 heteroatoms. The Kier molecular flexibility index (Phi) is 4.92. The summed E-state index contributed by atoms with van der Waals surface area (Å²) in [7, 11) is -2.88. The number of rotatable bonds is 6. The molecule has 0 aliphatic heterocycles. The molecular formula is C12H23N3O2S. The second-order valence-electron chi connectivity index (χ2n) is 5.62. The Morgan fingerprint density at radius 3 is 2.61 bits per heavy atom. The first kappa shape index (κ1) is 15.2. The molecule has 5 nitrogen and oxygen atoms in total. The highest BCUT2D eigenvalue weighted by atomic mass is 32.2. The van der Waals surface area contributed by atoms with Crippen molar-refractivity contribution in [1.82, 2.24) is 14.9 Å². The molecule has 0 aliphatic carbocycles. The van der Waals surface area contributed by atoms with Gasteiger partial charge in [-0.1, -0.05) is 0 Å². The lowest BCUT2D eigenvalue weighted by molar-refractivity contribution is 0.411. The van der Waals surface area contributed by atoms with E-state index in [1.165, 1.54) is 6.26 Å². The second kappa shape index (κ2) is 5.84. The Morgan fingerprint density at radius 2 is 2.06 bits per heavy atom. The normalized spacial score (nSPS) is 12.9. The number of nitrogens with zero attached hydrogens (tertiary/aromatic N) is 2. The summed E-state index contributed by atoms with van der Waals surface area (Å²) in [5.74, 6) is 1.16. The van der Waals surface area contributed by atoms with Crippen LogP contribution in [0.5, 0.6) is 0 Å². The van der Waals surface area contributed by atoms with Crippen LogP contribution in [0, 0.1) is 0 Å². The van der Waals surface area contributed by atoms with Crippen LogP contribution in [0.4, 0.5) is 0 Å². The molecule has 0 bridgehead atoms. The van der Waals surface area contributed by atoms with Crippen molar-refractivity contribution in [2.45, 2.75) is 45.8 Å². The lowest BCUT2D eigenvalue weighted by Crippen LogP contribution is -2.36. The molecule has 1 aromatic heterocycles. The Hall–Kier alpha value is -0.880. The van der Waals surface area contributed by atoms with E-state index in [0.29, 0.717) is 19.5 Å². The van der Waals surface area contributed by atoms with E-state index in [1.54, 1.807) is 6.20 Å². The molecule has 0 amide bonds. The predicted octanol–water partition coefficient (Wildman–Crippen LogP) is 1.21. The standard InChI is InChI=1S/C12H23N3O2S/c1-12(2,3)14-10-11-13-6-8-15(11)7-5-9-18(4,16)17/h6,8,14H,5,7,9-10H2,1-4H3. The zero-order valence-corrected chi connectivity index (χ0v) is 12.4. The van der Waals surface area contributed by atoms with Crippen molar-refractivity contribution in [3.63, 3.8) is 0 Å². The quantitative estimate of drug-likeness (QED) is 0.846. The molecule has 0 aliphatic rings. The van der Waals surface area contributed by atoms with Crippen molar-refractivity contribution in [1.29, 1.82) is 0 Å². The second-order valence-corrected chi connectivity index (χ2v) is 7.88. The predicted molar refractivity (Wildman–Crippen MR) is 73.1 cm³/mol. The van der Waals surface area contributed by atoms with E-state index in [-0.39, 0.29) is 11.3 Å². The zero-order valence-electron chi connectivity index (χ0n) is 11.6. The summed E-state index contributed by atoms with van der Waals surface area (Å²) in [5.41, 5.74) is 0.0452. The number of imidazole rings is 1. The van der Waals surface area contributed by atoms with Crippen LogP contribution in [0.15, 0.2) is 12.4 Å². The molecule has 18 heavy (non-hydrogen) atoms. The molecule has 0 aromatic carbocycles. The number of sulfone groups is 1. The first-order valence-corrected chi connectivity index (χ1v) is 8.16. The van der Waals surface area contributed by atoms with Gasteiger partial charge in [0.2, 0.25) is 0 Å². The van der Waals surface area contributed by atoms with Gasteiger partial charge in [-0.2, -0.15) is 0 Å². The third-order valence-corrected chi connectivity index (χ3v) is 3.52. The van der Waals surface area contributed by atoms with Gasteiger partial charge >= 0.3 is 0 Å². The van der Waals surface area contributed by atoms with Gasteiger partial charge in [0.1, 0.15) is 15.7 Å². The first-order valence-electron chi connectivity index (χ1n) is 6.10. The van der Waals surface area contributed by atoms with Gasteiger partial charge in [0.05, 0.1) is 12.3 Å². The monoisotopic (exact) mass is 273 g/mol. The highest BCUT2D eigenvalue weighted by Crippen LogP contribution is 2.04. The maximum atomic E-state index is 11.1. The molecule has 1 aromatic rings. The number of aromatic nitrogens is 2. The number of aryl methyl sites for hydroxylation is 1. The van der Waals surface area contributed by atoms with Gasteiger partial charge in [0.15, 0.2) is 0 Å². The van der Waals surface area contributed by atoms with Gasteiger partial charge in [0.25, 0.3) is 0 Å². The molecule has 0 atom stereocenters. The summed E-state index contributed by atoms with van der Waals surface area (Å²) < 4.78 is 24.1. The Balaban J connectivity index is 2.50. The van der Waals surface area contributed by atoms with E-state index in [9.17, 15) is 8.42 Å². The van der Waals surface area contributed by atoms with Gasteiger partial charge in [-0.3, -0.25) is 0 Å². The van der Waals surface area contributed by atoms with Crippen molar-refractivity contribution in [3.8, 4) is 0 Å². The molecule has 104 valence electrons. The van der Waals surface area contributed by atoms with Gasteiger partial charge in [0, 0.05) is 30.7 Å². The fraction of sp³-hybridized carbons (Fsp3) is 0.750. The summed E-state index contributed by atoms with van der Waals surface area (Å²) in [6.07, 6.45) is 5.53. The molecule has 1 N–H and O–H groups in total. The summed E-state index contributed by atoms with van der Waals surface area (Å²) in [4.78, 5) is 4.29. The van der Waals surface area contributed by atoms with Crippen LogP contribution in [0.2, 0.25) is 0 Å². The van der Waals surface area contributed by atoms with Crippen LogP contribution in [-0.2, 0) is 22.9 Å². The molecule has 0 saturated heterocycles. The zero-order chi connectivity index (χ0) is 13.8. The van der Waals surface area contributed by atoms with E-state index in [0.717, 1.165) is 5.82 Å². The lowest BCUT2D eigenvalue weighted by atomic mass is 10.1. The summed E-state index contributed by atoms with van der Waals surface area (Å²) >= 11 is 0. The fourth-order valence-corrected chi connectivity index (χ4v) is 2.21. The minimum atomic E-state index is -2.88. The van der Waals surface area contributed by atoms with Crippen LogP contribution in [0.3, 0.4) is 0 Å². The largest absolute Gasteiger partial charge is 0.334 e. The van der Waals surface area contributed by atoms with E-state index in [1.807, 2.05) is 10.8 Å². The molecule has 0 fully saturated rings. The van der Waals surface area contributed by atoms with Crippen molar-refractivity contribution in [2.24, 2.45) is 0 Å². The van der Waals surface area contributed by atoms with E-state index in [2.05, 4.69) is 31.1 Å². The van der Waals surface area contributed by atoms with Crippen LogP contribution >= 0.6 is 0 Å². The summed E-state index contributed by atoms with van der Waals surface area (Å²) in [6, 6.07) is 0. The summed E-state index contributed by atoms with van der Waals surface area (Å²) in [6.45, 7) is 7.68. The van der Waals surface area contributed by atoms with Gasteiger partial charge in [-0.05, 0) is 27.2 Å². The summed E-state index contributed by atoms with van der Waals surface area (Å²) in [5, 5.41) is 3.37. The molecular weight excluding hydrogens is 250 g/mol. The third kappa shape index (κ3) is 6.16. The molecule has 0 spiro atoms. The van der Waals surface area contributed by atoms with Crippen LogP contribution < -0.4 is 5.32 Å². The van der Waals surface area contributed by atoms with Crippen molar-refractivity contribution < 1.29 is 8.42 Å². The van der Waals surface area contributed by atoms with Gasteiger partial charge in [-0.25, -0.2) is 13.4 Å². The highest BCUT2D eigenvalue weighted by Gasteiger charge is 2.11. The number of nitrogens with one attached hydrogen (secondary N) is 1. The average Bonchev–Trinajstić information content (AvgIpc) is 2.59. The molecule has 1 rings (SSSR count). The highest BCUT2D eigenvalue weighted by molar-refractivity contribution is 7.90. The SMILES string of the molecule is CC(C)(C)NCc1nccn1CCCS(C)(=O)=O. The smallest absolute Gasteiger partial charge is 0.147 e. The molecule has 1 heterocycles. The van der Waals surface area contributed by atoms with Crippen LogP contribution in [-0.4, -0.2) is 35.5 Å². The van der Waals surface area contributed by atoms with Crippen molar-refractivity contribution >= 4 is 9.84 Å². The van der Waals surface area contributed by atoms with Gasteiger partial charge < -0.3 is 9.88 Å². The maximum Gasteiger partial charge on any atom is 0.147 e.